The van der Waals surface area contributed by atoms with E-state index >= 15 is 0 Å². The molecule has 0 amide bonds. The molecule has 1 saturated heterocycles. The van der Waals surface area contributed by atoms with Gasteiger partial charge in [-0.3, -0.25) is 19.5 Å². The number of halogens is 4. The summed E-state index contributed by atoms with van der Waals surface area (Å²) in [6.07, 6.45) is 1.64. The molecule has 198 valence electrons. The molecule has 0 radical (unpaired) electrons. The first kappa shape index (κ1) is 27.1. The molecule has 1 aliphatic rings. The van der Waals surface area contributed by atoms with Crippen LogP contribution in [0.15, 0.2) is 36.5 Å². The lowest BCUT2D eigenvalue weighted by Gasteiger charge is -2.35. The summed E-state index contributed by atoms with van der Waals surface area (Å²) in [5, 5.41) is 10.1. The number of carbonyl (C=O) groups excluding carboxylic acids is 1. The molecule has 1 aromatic heterocycles. The molecule has 10 heteroatoms. The van der Waals surface area contributed by atoms with Crippen LogP contribution in [0.4, 0.5) is 17.6 Å². The SMILES string of the molecule is COc1ccc2ncc(F)c(C(=O)CC[C@H]3CCN(CC#Cc4cc(F)cc(F)c4F)C[C@H]3C(=O)O)c2c1. The molecule has 3 aromatic rings. The van der Waals surface area contributed by atoms with Gasteiger partial charge in [-0.2, -0.15) is 0 Å². The number of Topliss-reactive ketones (excluding diaryl/α,β-unsaturated/α-hetero) is 1. The van der Waals surface area contributed by atoms with Crippen LogP contribution in [0, 0.1) is 46.9 Å². The predicted molar refractivity (Wildman–Crippen MR) is 131 cm³/mol. The number of carboxylic acid groups (broad SMARTS) is 1. The van der Waals surface area contributed by atoms with Gasteiger partial charge in [0.15, 0.2) is 23.2 Å². The summed E-state index contributed by atoms with van der Waals surface area (Å²) < 4.78 is 60.3. The molecule has 6 nitrogen and oxygen atoms in total. The first-order valence-electron chi connectivity index (χ1n) is 11.9. The van der Waals surface area contributed by atoms with Crippen LogP contribution < -0.4 is 4.74 Å². The molecule has 0 spiro atoms. The molecule has 1 fully saturated rings. The summed E-state index contributed by atoms with van der Waals surface area (Å²) in [5.74, 6) is -1.43. The third kappa shape index (κ3) is 5.94. The largest absolute Gasteiger partial charge is 0.497 e. The number of piperidine rings is 1. The third-order valence-corrected chi connectivity index (χ3v) is 6.73. The summed E-state index contributed by atoms with van der Waals surface area (Å²) in [4.78, 5) is 30.8. The van der Waals surface area contributed by atoms with Gasteiger partial charge in [0.25, 0.3) is 0 Å². The number of ketones is 1. The molecule has 0 aliphatic carbocycles. The van der Waals surface area contributed by atoms with Crippen LogP contribution in [0.2, 0.25) is 0 Å². The van der Waals surface area contributed by atoms with Crippen LogP contribution in [-0.4, -0.2) is 53.5 Å². The first-order chi connectivity index (χ1) is 18.2. The van der Waals surface area contributed by atoms with Crippen molar-refractivity contribution in [2.45, 2.75) is 19.3 Å². The number of pyridine rings is 1. The van der Waals surface area contributed by atoms with Gasteiger partial charge in [-0.05, 0) is 49.6 Å². The fraction of sp³-hybridized carbons (Fsp3) is 0.321. The Balaban J connectivity index is 1.42. The van der Waals surface area contributed by atoms with Gasteiger partial charge in [0, 0.05) is 24.4 Å². The van der Waals surface area contributed by atoms with Crippen molar-refractivity contribution in [1.29, 1.82) is 0 Å². The highest BCUT2D eigenvalue weighted by molar-refractivity contribution is 6.07. The molecule has 1 aliphatic heterocycles. The number of likely N-dealkylation sites (tertiary alicyclic amines) is 1. The average Bonchev–Trinajstić information content (AvgIpc) is 2.89. The topological polar surface area (TPSA) is 79.7 Å². The number of fused-ring (bicyclic) bond motifs is 1. The number of rotatable bonds is 7. The van der Waals surface area contributed by atoms with E-state index in [-0.39, 0.29) is 37.4 Å². The van der Waals surface area contributed by atoms with Crippen LogP contribution in [0.3, 0.4) is 0 Å². The van der Waals surface area contributed by atoms with Crippen LogP contribution in [0.25, 0.3) is 10.9 Å². The normalized spacial score (nSPS) is 17.6. The maximum absolute atomic E-state index is 14.6. The van der Waals surface area contributed by atoms with Crippen molar-refractivity contribution in [2.24, 2.45) is 11.8 Å². The molecule has 2 aromatic carbocycles. The Labute approximate surface area is 216 Å². The van der Waals surface area contributed by atoms with Crippen molar-refractivity contribution in [3.05, 3.63) is 70.9 Å². The van der Waals surface area contributed by atoms with Gasteiger partial charge < -0.3 is 9.84 Å². The Morgan fingerprint density at radius 1 is 1.16 bits per heavy atom. The van der Waals surface area contributed by atoms with Crippen molar-refractivity contribution in [3.63, 3.8) is 0 Å². The quantitative estimate of drug-likeness (QED) is 0.205. The van der Waals surface area contributed by atoms with Gasteiger partial charge in [-0.15, -0.1) is 0 Å². The van der Waals surface area contributed by atoms with E-state index < -0.39 is 46.5 Å². The Morgan fingerprint density at radius 2 is 1.95 bits per heavy atom. The van der Waals surface area contributed by atoms with E-state index in [1.165, 1.54) is 7.11 Å². The number of hydrogen-bond acceptors (Lipinski definition) is 5. The lowest BCUT2D eigenvalue weighted by atomic mass is 9.81. The second-order valence-electron chi connectivity index (χ2n) is 9.11. The molecule has 38 heavy (non-hydrogen) atoms. The summed E-state index contributed by atoms with van der Waals surface area (Å²) in [5.41, 5.74) is -0.0806. The number of aliphatic carboxylic acids is 1. The molecular formula is C28H24F4N2O4. The van der Waals surface area contributed by atoms with Crippen LogP contribution in [0.1, 0.15) is 35.2 Å². The molecule has 2 atom stereocenters. The average molecular weight is 529 g/mol. The van der Waals surface area contributed by atoms with Gasteiger partial charge in [-0.1, -0.05) is 11.8 Å². The minimum atomic E-state index is -1.34. The maximum atomic E-state index is 14.6. The highest BCUT2D eigenvalue weighted by Gasteiger charge is 2.34. The number of aromatic nitrogens is 1. The van der Waals surface area contributed by atoms with E-state index in [1.54, 1.807) is 23.1 Å². The molecule has 0 saturated carbocycles. The van der Waals surface area contributed by atoms with Gasteiger partial charge in [0.2, 0.25) is 0 Å². The van der Waals surface area contributed by atoms with E-state index in [0.717, 1.165) is 12.3 Å². The summed E-state index contributed by atoms with van der Waals surface area (Å²) in [6, 6.07) is 6.05. The van der Waals surface area contributed by atoms with Gasteiger partial charge in [0.05, 0.1) is 42.4 Å². The van der Waals surface area contributed by atoms with Crippen molar-refractivity contribution < 1.29 is 37.0 Å². The number of benzene rings is 2. The molecular weight excluding hydrogens is 504 g/mol. The van der Waals surface area contributed by atoms with Crippen molar-refractivity contribution in [2.75, 3.05) is 26.7 Å². The van der Waals surface area contributed by atoms with Crippen molar-refractivity contribution >= 4 is 22.7 Å². The maximum Gasteiger partial charge on any atom is 0.308 e. The second-order valence-corrected chi connectivity index (χ2v) is 9.11. The van der Waals surface area contributed by atoms with Crippen LogP contribution >= 0.6 is 0 Å². The number of methoxy groups -OCH3 is 1. The fourth-order valence-electron chi connectivity index (χ4n) is 4.73. The Bertz CT molecular complexity index is 1450. The zero-order valence-electron chi connectivity index (χ0n) is 20.4. The highest BCUT2D eigenvalue weighted by atomic mass is 19.2. The standard InChI is InChI=1S/C28H24F4N2O4/c1-38-19-5-6-24-20(13-19)26(23(31)14-33-24)25(35)7-4-16-8-10-34(15-21(16)28(36)37)9-2-3-17-11-18(29)12-22(30)27(17)32/h5-6,11-14,16,21H,4,7-10,15H2,1H3,(H,36,37)/t16-,21+/m0/s1. The van der Waals surface area contributed by atoms with Crippen molar-refractivity contribution in [1.82, 2.24) is 9.88 Å². The Kier molecular flexibility index (Phi) is 8.27. The van der Waals surface area contributed by atoms with Gasteiger partial charge >= 0.3 is 5.97 Å². The smallest absolute Gasteiger partial charge is 0.308 e. The number of hydrogen-bond donors (Lipinski definition) is 1. The number of nitrogens with zero attached hydrogens (tertiary/aromatic N) is 2. The summed E-state index contributed by atoms with van der Waals surface area (Å²) in [6.45, 7) is 0.663. The minimum absolute atomic E-state index is 0.0497. The minimum Gasteiger partial charge on any atom is -0.497 e. The highest BCUT2D eigenvalue weighted by Crippen LogP contribution is 2.31. The number of ether oxygens (including phenoxy) is 1. The van der Waals surface area contributed by atoms with Crippen molar-refractivity contribution in [3.8, 4) is 17.6 Å². The summed E-state index contributed by atoms with van der Waals surface area (Å²) >= 11 is 0. The fourth-order valence-corrected chi connectivity index (χ4v) is 4.73. The number of carbonyl (C=O) groups is 2. The lowest BCUT2D eigenvalue weighted by molar-refractivity contribution is -0.146. The zero-order valence-corrected chi connectivity index (χ0v) is 20.4. The molecule has 1 N–H and O–H groups in total. The van der Waals surface area contributed by atoms with E-state index in [9.17, 15) is 32.3 Å². The molecule has 2 heterocycles. The summed E-state index contributed by atoms with van der Waals surface area (Å²) in [7, 11) is 1.46. The number of carboxylic acids is 1. The third-order valence-electron chi connectivity index (χ3n) is 6.73. The Hall–Kier alpha value is -3.97. The Morgan fingerprint density at radius 3 is 2.68 bits per heavy atom. The predicted octanol–water partition coefficient (Wildman–Crippen LogP) is 4.84. The second kappa shape index (κ2) is 11.6. The molecule has 0 bridgehead atoms. The van der Waals surface area contributed by atoms with Crippen LogP contribution in [-0.2, 0) is 4.79 Å². The first-order valence-corrected chi connectivity index (χ1v) is 11.9. The monoisotopic (exact) mass is 528 g/mol. The lowest BCUT2D eigenvalue weighted by Crippen LogP contribution is -2.44. The van der Waals surface area contributed by atoms with E-state index in [0.29, 0.717) is 35.7 Å². The van der Waals surface area contributed by atoms with Gasteiger partial charge in [-0.25, -0.2) is 17.6 Å². The van der Waals surface area contributed by atoms with Crippen LogP contribution in [0.5, 0.6) is 5.75 Å². The zero-order chi connectivity index (χ0) is 27.4. The van der Waals surface area contributed by atoms with E-state index in [2.05, 4.69) is 16.8 Å². The molecule has 0 unspecified atom stereocenters. The van der Waals surface area contributed by atoms with Gasteiger partial charge in [0.1, 0.15) is 11.6 Å². The molecule has 4 rings (SSSR count). The van der Waals surface area contributed by atoms with E-state index in [4.69, 9.17) is 4.74 Å². The van der Waals surface area contributed by atoms with E-state index in [1.807, 2.05) is 0 Å².